The maximum atomic E-state index is 12.0. The number of nitriles is 1. The first-order valence-electron chi connectivity index (χ1n) is 5.70. The number of carboxylic acids is 1. The van der Waals surface area contributed by atoms with E-state index in [4.69, 9.17) is 34.2 Å². The van der Waals surface area contributed by atoms with Gasteiger partial charge in [0.25, 0.3) is 5.91 Å². The van der Waals surface area contributed by atoms with E-state index < -0.39 is 12.0 Å². The first-order valence-corrected chi connectivity index (χ1v) is 7.53. The van der Waals surface area contributed by atoms with Crippen LogP contribution in [0.15, 0.2) is 10.7 Å². The van der Waals surface area contributed by atoms with E-state index in [9.17, 15) is 9.59 Å². The van der Waals surface area contributed by atoms with Crippen LogP contribution in [-0.4, -0.2) is 44.0 Å². The van der Waals surface area contributed by atoms with Crippen molar-refractivity contribution in [3.8, 4) is 6.07 Å². The van der Waals surface area contributed by atoms with Crippen molar-refractivity contribution in [1.82, 2.24) is 10.2 Å². The number of hydrogen-bond donors (Lipinski definition) is 2. The second-order valence-corrected chi connectivity index (χ2v) is 6.23. The van der Waals surface area contributed by atoms with Crippen LogP contribution in [-0.2, 0) is 9.59 Å². The summed E-state index contributed by atoms with van der Waals surface area (Å²) in [5.41, 5.74) is -0.151. The zero-order valence-corrected chi connectivity index (χ0v) is 12.5. The van der Waals surface area contributed by atoms with Crippen LogP contribution in [0, 0.1) is 11.3 Å². The quantitative estimate of drug-likeness (QED) is 0.587. The Bertz CT molecular complexity index is 558. The maximum Gasteiger partial charge on any atom is 0.353 e. The number of rotatable bonds is 4. The lowest BCUT2D eigenvalue weighted by Crippen LogP contribution is -2.70. The largest absolute Gasteiger partial charge is 0.477 e. The van der Waals surface area contributed by atoms with E-state index in [1.54, 1.807) is 0 Å². The zero-order valence-electron chi connectivity index (χ0n) is 10.1. The van der Waals surface area contributed by atoms with Gasteiger partial charge in [0.15, 0.2) is 0 Å². The van der Waals surface area contributed by atoms with Gasteiger partial charge >= 0.3 is 5.97 Å². The predicted molar refractivity (Wildman–Crippen MR) is 78.0 cm³/mol. The van der Waals surface area contributed by atoms with Crippen molar-refractivity contribution in [2.45, 2.75) is 24.3 Å². The van der Waals surface area contributed by atoms with E-state index in [1.165, 1.54) is 16.7 Å². The molecule has 1 unspecified atom stereocenters. The van der Waals surface area contributed by atoms with Gasteiger partial charge < -0.3 is 10.4 Å². The average Bonchev–Trinajstić information content (AvgIpc) is 2.41. The summed E-state index contributed by atoms with van der Waals surface area (Å²) < 4.78 is 0. The van der Waals surface area contributed by atoms with Gasteiger partial charge in [-0.05, 0) is 0 Å². The molecule has 2 rings (SSSR count). The number of carbonyl (C=O) groups is 2. The van der Waals surface area contributed by atoms with Crippen LogP contribution in [0.25, 0.3) is 0 Å². The highest BCUT2D eigenvalue weighted by atomic mass is 35.5. The molecule has 0 saturated carbocycles. The highest BCUT2D eigenvalue weighted by Crippen LogP contribution is 2.41. The number of aliphatic carboxylic acids is 1. The van der Waals surface area contributed by atoms with Crippen molar-refractivity contribution in [3.05, 3.63) is 10.7 Å². The molecule has 20 heavy (non-hydrogen) atoms. The van der Waals surface area contributed by atoms with Crippen LogP contribution in [0.5, 0.6) is 0 Å². The molecule has 6 nitrogen and oxygen atoms in total. The first kappa shape index (κ1) is 15.1. The summed E-state index contributed by atoms with van der Waals surface area (Å²) >= 11 is 12.3. The van der Waals surface area contributed by atoms with Gasteiger partial charge in [0, 0.05) is 18.6 Å². The minimum atomic E-state index is -1.21. The lowest BCUT2D eigenvalue weighted by Gasteiger charge is -2.49. The van der Waals surface area contributed by atoms with E-state index >= 15 is 0 Å². The van der Waals surface area contributed by atoms with Crippen molar-refractivity contribution in [2.24, 2.45) is 0 Å². The second-order valence-electron chi connectivity index (χ2n) is 4.17. The molecule has 1 amide bonds. The molecule has 0 spiro atoms. The summed E-state index contributed by atoms with van der Waals surface area (Å²) in [7, 11) is 0. The first-order chi connectivity index (χ1) is 9.47. The fourth-order valence-electron chi connectivity index (χ4n) is 2.00. The molecule has 0 aliphatic carbocycles. The third-order valence-electron chi connectivity index (χ3n) is 2.90. The van der Waals surface area contributed by atoms with E-state index in [0.29, 0.717) is 17.2 Å². The summed E-state index contributed by atoms with van der Waals surface area (Å²) in [5, 5.41) is 20.3. The molecule has 106 valence electrons. The minimum Gasteiger partial charge on any atom is -0.477 e. The van der Waals surface area contributed by atoms with E-state index in [1.807, 2.05) is 6.07 Å². The number of nitrogens with one attached hydrogen (secondary N) is 1. The Balaban J connectivity index is 2.07. The van der Waals surface area contributed by atoms with Crippen LogP contribution >= 0.6 is 35.6 Å². The minimum absolute atomic E-state index is 0.151. The van der Waals surface area contributed by atoms with Crippen LogP contribution in [0.1, 0.15) is 12.8 Å². The molecule has 0 aromatic heterocycles. The number of hydrogen-bond acceptors (Lipinski definition) is 5. The lowest BCUT2D eigenvalue weighted by atomic mass is 10.0. The zero-order chi connectivity index (χ0) is 14.9. The van der Waals surface area contributed by atoms with Gasteiger partial charge in [-0.1, -0.05) is 23.8 Å². The van der Waals surface area contributed by atoms with Crippen molar-refractivity contribution >= 4 is 52.4 Å². The molecule has 0 bridgehead atoms. The molecular weight excluding hydrogens is 322 g/mol. The summed E-state index contributed by atoms with van der Waals surface area (Å²) in [6.07, 6.45) is 0.662. The van der Waals surface area contributed by atoms with Crippen LogP contribution in [0.3, 0.4) is 0 Å². The predicted octanol–water partition coefficient (Wildman–Crippen LogP) is 1.03. The van der Waals surface area contributed by atoms with Crippen LogP contribution in [0.2, 0.25) is 0 Å². The Morgan fingerprint density at radius 2 is 2.40 bits per heavy atom. The molecule has 2 aliphatic heterocycles. The summed E-state index contributed by atoms with van der Waals surface area (Å²) in [4.78, 5) is 24.8. The Morgan fingerprint density at radius 3 is 3.00 bits per heavy atom. The second kappa shape index (κ2) is 5.99. The van der Waals surface area contributed by atoms with Gasteiger partial charge in [-0.2, -0.15) is 5.26 Å². The number of fused-ring (bicyclic) bond motifs is 1. The molecule has 1 saturated heterocycles. The Morgan fingerprint density at radius 1 is 1.70 bits per heavy atom. The molecule has 2 atom stereocenters. The van der Waals surface area contributed by atoms with Crippen molar-refractivity contribution < 1.29 is 14.7 Å². The maximum absolute atomic E-state index is 12.0. The number of thiocarbonyl (C=S) groups is 1. The molecule has 0 radical (unpaired) electrons. The third-order valence-corrected chi connectivity index (χ3v) is 4.98. The normalized spacial score (nSPS) is 24.6. The van der Waals surface area contributed by atoms with Gasteiger partial charge in [-0.25, -0.2) is 4.79 Å². The Hall–Kier alpha value is -1.30. The van der Waals surface area contributed by atoms with Gasteiger partial charge in [0.05, 0.1) is 16.1 Å². The Kier molecular flexibility index (Phi) is 4.52. The number of β-lactam (4-membered cyclic amide) rings is 1. The Labute approximate surface area is 129 Å². The van der Waals surface area contributed by atoms with Gasteiger partial charge in [-0.15, -0.1) is 11.8 Å². The smallest absolute Gasteiger partial charge is 0.353 e. The number of carboxylic acid groups (broad SMARTS) is 1. The van der Waals surface area contributed by atoms with Gasteiger partial charge in [0.1, 0.15) is 17.1 Å². The number of thioether (sulfide) groups is 1. The van der Waals surface area contributed by atoms with E-state index in [0.717, 1.165) is 0 Å². The van der Waals surface area contributed by atoms with Crippen LogP contribution < -0.4 is 5.32 Å². The van der Waals surface area contributed by atoms with E-state index in [2.05, 4.69) is 5.32 Å². The molecule has 2 heterocycles. The van der Waals surface area contributed by atoms with Gasteiger partial charge in [0.2, 0.25) is 0 Å². The highest BCUT2D eigenvalue weighted by molar-refractivity contribution is 8.00. The summed E-state index contributed by atoms with van der Waals surface area (Å²) in [5.74, 6) is -1.22. The fraction of sp³-hybridized carbons (Fsp3) is 0.455. The van der Waals surface area contributed by atoms with Crippen LogP contribution in [0.4, 0.5) is 0 Å². The molecule has 2 N–H and O–H groups in total. The number of amides is 1. The molecule has 2 aliphatic rings. The third kappa shape index (κ3) is 2.61. The number of halogens is 1. The molecule has 0 aromatic carbocycles. The monoisotopic (exact) mass is 331 g/mol. The van der Waals surface area contributed by atoms with Crippen molar-refractivity contribution in [3.63, 3.8) is 0 Å². The topological polar surface area (TPSA) is 93.4 Å². The van der Waals surface area contributed by atoms with Gasteiger partial charge in [-0.3, -0.25) is 9.69 Å². The number of carbonyl (C=O) groups excluding carboxylic acids is 1. The van der Waals surface area contributed by atoms with E-state index in [-0.39, 0.29) is 28.4 Å². The lowest BCUT2D eigenvalue weighted by molar-refractivity contribution is -0.148. The van der Waals surface area contributed by atoms with Crippen molar-refractivity contribution in [1.29, 1.82) is 5.26 Å². The fourth-order valence-corrected chi connectivity index (χ4v) is 3.78. The number of nitrogens with zero attached hydrogens (tertiary/aromatic N) is 2. The highest BCUT2D eigenvalue weighted by Gasteiger charge is 2.53. The standard InChI is InChI=1S/C11H10ClN3O3S2/c12-5-4-20-10-7(14-6(19)2-1-3-13)9(16)15(10)8(5)11(17)18/h7,10H,1-2,4H2,(H,14,19)(H,17,18)/t7?,10-/m1/s1. The van der Waals surface area contributed by atoms with Crippen molar-refractivity contribution in [2.75, 3.05) is 5.75 Å². The summed E-state index contributed by atoms with van der Waals surface area (Å²) in [6, 6.07) is 1.42. The molecule has 0 aromatic rings. The average molecular weight is 332 g/mol. The summed E-state index contributed by atoms with van der Waals surface area (Å²) in [6.45, 7) is 0. The molecule has 9 heteroatoms. The molecule has 1 fully saturated rings. The molecular formula is C11H10ClN3O3S2. The SMILES string of the molecule is N#CCCC(=S)NC1C(=O)N2C(C(=O)O)=C(Cl)CS[C@H]12.